The molecule has 3 aromatic carbocycles. The van der Waals surface area contributed by atoms with E-state index in [0.717, 1.165) is 5.75 Å². The van der Waals surface area contributed by atoms with Crippen molar-refractivity contribution in [3.63, 3.8) is 0 Å². The van der Waals surface area contributed by atoms with E-state index in [1.54, 1.807) is 36.4 Å². The van der Waals surface area contributed by atoms with E-state index in [0.29, 0.717) is 27.0 Å². The van der Waals surface area contributed by atoms with Crippen LogP contribution < -0.4 is 10.1 Å². The molecule has 0 aliphatic heterocycles. The first kappa shape index (κ1) is 16.4. The van der Waals surface area contributed by atoms with Gasteiger partial charge >= 0.3 is 0 Å². The Bertz CT molecular complexity index is 849. The van der Waals surface area contributed by atoms with Crippen LogP contribution in [0, 0.1) is 0 Å². The summed E-state index contributed by atoms with van der Waals surface area (Å²) in [6.07, 6.45) is 0. The number of benzene rings is 3. The third kappa shape index (κ3) is 4.07. The second-order valence-electron chi connectivity index (χ2n) is 5.02. The molecule has 0 fully saturated rings. The smallest absolute Gasteiger partial charge is 0.255 e. The number of rotatable bonds is 4. The van der Waals surface area contributed by atoms with Crippen LogP contribution >= 0.6 is 23.2 Å². The van der Waals surface area contributed by atoms with Crippen LogP contribution in [0.5, 0.6) is 11.5 Å². The predicted octanol–water partition coefficient (Wildman–Crippen LogP) is 6.04. The third-order valence-corrected chi connectivity index (χ3v) is 4.01. The molecule has 0 radical (unpaired) electrons. The lowest BCUT2D eigenvalue weighted by Gasteiger charge is -2.08. The van der Waals surface area contributed by atoms with Gasteiger partial charge in [-0.1, -0.05) is 41.4 Å². The largest absolute Gasteiger partial charge is 0.457 e. The van der Waals surface area contributed by atoms with Gasteiger partial charge in [-0.15, -0.1) is 0 Å². The van der Waals surface area contributed by atoms with Crippen molar-refractivity contribution in [2.45, 2.75) is 0 Å². The number of carbonyl (C=O) groups is 1. The van der Waals surface area contributed by atoms with Crippen LogP contribution in [0.25, 0.3) is 0 Å². The molecule has 0 saturated carbocycles. The first-order chi connectivity index (χ1) is 11.6. The second-order valence-corrected chi connectivity index (χ2v) is 5.84. The number of hydrogen-bond acceptors (Lipinski definition) is 2. The second kappa shape index (κ2) is 7.39. The summed E-state index contributed by atoms with van der Waals surface area (Å²) in [6, 6.07) is 21.4. The van der Waals surface area contributed by atoms with E-state index in [1.807, 2.05) is 30.3 Å². The molecule has 5 heteroatoms. The van der Waals surface area contributed by atoms with Crippen molar-refractivity contribution in [2.24, 2.45) is 0 Å². The van der Waals surface area contributed by atoms with E-state index in [9.17, 15) is 4.79 Å². The number of hydrogen-bond donors (Lipinski definition) is 1. The van der Waals surface area contributed by atoms with Gasteiger partial charge in [-0.25, -0.2) is 0 Å². The maximum atomic E-state index is 12.2. The Morgan fingerprint density at radius 3 is 2.12 bits per heavy atom. The number of anilines is 1. The van der Waals surface area contributed by atoms with Gasteiger partial charge in [0, 0.05) is 11.3 Å². The van der Waals surface area contributed by atoms with Crippen LogP contribution in [0.2, 0.25) is 10.0 Å². The summed E-state index contributed by atoms with van der Waals surface area (Å²) in [5, 5.41) is 3.56. The quantitative estimate of drug-likeness (QED) is 0.618. The monoisotopic (exact) mass is 357 g/mol. The van der Waals surface area contributed by atoms with Gasteiger partial charge in [0.1, 0.15) is 11.5 Å². The summed E-state index contributed by atoms with van der Waals surface area (Å²) in [6.45, 7) is 0. The van der Waals surface area contributed by atoms with Crippen molar-refractivity contribution in [3.05, 3.63) is 88.4 Å². The molecule has 120 valence electrons. The molecule has 0 aliphatic rings. The highest BCUT2D eigenvalue weighted by Crippen LogP contribution is 2.25. The fraction of sp³-hybridized carbons (Fsp3) is 0. The van der Waals surface area contributed by atoms with Crippen molar-refractivity contribution in [2.75, 3.05) is 5.32 Å². The first-order valence-electron chi connectivity index (χ1n) is 7.21. The van der Waals surface area contributed by atoms with Gasteiger partial charge in [-0.3, -0.25) is 4.79 Å². The van der Waals surface area contributed by atoms with Gasteiger partial charge < -0.3 is 10.1 Å². The lowest BCUT2D eigenvalue weighted by molar-refractivity contribution is 0.102. The fourth-order valence-corrected chi connectivity index (χ4v) is 2.37. The Labute approximate surface area is 149 Å². The molecule has 0 aromatic heterocycles. The van der Waals surface area contributed by atoms with Crippen LogP contribution in [0.3, 0.4) is 0 Å². The maximum Gasteiger partial charge on any atom is 0.255 e. The minimum absolute atomic E-state index is 0.259. The Morgan fingerprint density at radius 1 is 0.792 bits per heavy atom. The summed E-state index contributed by atoms with van der Waals surface area (Å²) in [5.41, 5.74) is 1.10. The molecule has 0 aliphatic carbocycles. The Hall–Kier alpha value is -2.49. The average molecular weight is 358 g/mol. The predicted molar refractivity (Wildman–Crippen MR) is 97.4 cm³/mol. The number of halogens is 2. The Morgan fingerprint density at radius 2 is 1.46 bits per heavy atom. The molecule has 3 aromatic rings. The van der Waals surface area contributed by atoms with Crippen LogP contribution in [-0.2, 0) is 0 Å². The first-order valence-corrected chi connectivity index (χ1v) is 7.97. The van der Waals surface area contributed by atoms with E-state index in [2.05, 4.69) is 5.32 Å². The van der Waals surface area contributed by atoms with Crippen LogP contribution in [0.1, 0.15) is 10.4 Å². The van der Waals surface area contributed by atoms with Gasteiger partial charge in [0.2, 0.25) is 0 Å². The zero-order chi connectivity index (χ0) is 16.9. The molecule has 3 rings (SSSR count). The number of carbonyl (C=O) groups excluding carboxylic acids is 1. The van der Waals surface area contributed by atoms with Gasteiger partial charge in [0.15, 0.2) is 0 Å². The molecule has 1 N–H and O–H groups in total. The number of ether oxygens (including phenoxy) is 1. The van der Waals surface area contributed by atoms with Gasteiger partial charge in [0.05, 0.1) is 10.0 Å². The molecule has 0 spiro atoms. The van der Waals surface area contributed by atoms with Crippen LogP contribution in [0.4, 0.5) is 5.69 Å². The summed E-state index contributed by atoms with van der Waals surface area (Å²) < 4.78 is 5.71. The van der Waals surface area contributed by atoms with E-state index in [-0.39, 0.29) is 5.91 Å². The molecule has 3 nitrogen and oxygen atoms in total. The third-order valence-electron chi connectivity index (χ3n) is 3.27. The Kier molecular flexibility index (Phi) is 5.04. The van der Waals surface area contributed by atoms with E-state index in [1.165, 1.54) is 6.07 Å². The van der Waals surface area contributed by atoms with Gasteiger partial charge in [-0.2, -0.15) is 0 Å². The molecule has 0 unspecified atom stereocenters. The summed E-state index contributed by atoms with van der Waals surface area (Å²) >= 11 is 11.8. The normalized spacial score (nSPS) is 10.2. The van der Waals surface area contributed by atoms with Crippen molar-refractivity contribution >= 4 is 34.8 Å². The minimum Gasteiger partial charge on any atom is -0.457 e. The molecule has 0 saturated heterocycles. The minimum atomic E-state index is -0.259. The average Bonchev–Trinajstić information content (AvgIpc) is 2.60. The summed E-state index contributed by atoms with van der Waals surface area (Å²) in [7, 11) is 0. The van der Waals surface area contributed by atoms with Crippen LogP contribution in [0.15, 0.2) is 72.8 Å². The standard InChI is InChI=1S/C19H13Cl2NO2/c20-17-11-6-13(12-18(17)21)19(23)22-14-7-9-16(10-8-14)24-15-4-2-1-3-5-15/h1-12H,(H,22,23). The molecule has 24 heavy (non-hydrogen) atoms. The lowest BCUT2D eigenvalue weighted by atomic mass is 10.2. The molecular weight excluding hydrogens is 345 g/mol. The SMILES string of the molecule is O=C(Nc1ccc(Oc2ccccc2)cc1)c1ccc(Cl)c(Cl)c1. The zero-order valence-corrected chi connectivity index (χ0v) is 14.0. The van der Waals surface area contributed by atoms with Crippen LogP contribution in [-0.4, -0.2) is 5.91 Å². The van der Waals surface area contributed by atoms with Gasteiger partial charge in [-0.05, 0) is 54.6 Å². The molecule has 0 bridgehead atoms. The van der Waals surface area contributed by atoms with Gasteiger partial charge in [0.25, 0.3) is 5.91 Å². The number of nitrogens with one attached hydrogen (secondary N) is 1. The maximum absolute atomic E-state index is 12.2. The van der Waals surface area contributed by atoms with E-state index < -0.39 is 0 Å². The molecule has 0 atom stereocenters. The van der Waals surface area contributed by atoms with E-state index >= 15 is 0 Å². The lowest BCUT2D eigenvalue weighted by Crippen LogP contribution is -2.11. The summed E-state index contributed by atoms with van der Waals surface area (Å²) in [5.74, 6) is 1.18. The summed E-state index contributed by atoms with van der Waals surface area (Å²) in [4.78, 5) is 12.2. The molecular formula is C19H13Cl2NO2. The number of amides is 1. The van der Waals surface area contributed by atoms with Crippen molar-refractivity contribution in [1.29, 1.82) is 0 Å². The van der Waals surface area contributed by atoms with E-state index in [4.69, 9.17) is 27.9 Å². The van der Waals surface area contributed by atoms with Crippen molar-refractivity contribution < 1.29 is 9.53 Å². The fourth-order valence-electron chi connectivity index (χ4n) is 2.07. The highest BCUT2D eigenvalue weighted by molar-refractivity contribution is 6.42. The number of para-hydroxylation sites is 1. The van der Waals surface area contributed by atoms with Crippen molar-refractivity contribution in [1.82, 2.24) is 0 Å². The Balaban J connectivity index is 1.67. The topological polar surface area (TPSA) is 38.3 Å². The highest BCUT2D eigenvalue weighted by Gasteiger charge is 2.08. The molecule has 1 amide bonds. The molecule has 0 heterocycles. The zero-order valence-electron chi connectivity index (χ0n) is 12.5. The van der Waals surface area contributed by atoms with Crippen molar-refractivity contribution in [3.8, 4) is 11.5 Å². The highest BCUT2D eigenvalue weighted by atomic mass is 35.5.